The maximum atomic E-state index is 12.6. The van der Waals surface area contributed by atoms with E-state index in [1.165, 1.54) is 11.3 Å². The molecule has 128 valence electrons. The number of carbonyl (C=O) groups excluding carboxylic acids is 2. The monoisotopic (exact) mass is 348 g/mol. The lowest BCUT2D eigenvalue weighted by Crippen LogP contribution is -2.44. The fraction of sp³-hybridized carbons (Fsp3) is 0.500. The highest BCUT2D eigenvalue weighted by atomic mass is 32.1. The SMILES string of the molecule is CC(C)CC[C@]1(C)NC(=O)N(Cc2nc(-c3ccsc3)no2)C1=O. The number of urea groups is 1. The molecule has 1 N–H and O–H groups in total. The zero-order chi connectivity index (χ0) is 17.3. The Labute approximate surface area is 144 Å². The number of aromatic nitrogens is 2. The van der Waals surface area contributed by atoms with Crippen LogP contribution in [0, 0.1) is 5.92 Å². The van der Waals surface area contributed by atoms with Gasteiger partial charge in [-0.2, -0.15) is 16.3 Å². The van der Waals surface area contributed by atoms with Gasteiger partial charge in [-0.3, -0.25) is 9.69 Å². The van der Waals surface area contributed by atoms with E-state index in [2.05, 4.69) is 29.3 Å². The molecule has 7 nitrogen and oxygen atoms in total. The number of hydrogen-bond donors (Lipinski definition) is 1. The van der Waals surface area contributed by atoms with Crippen LogP contribution in [0.15, 0.2) is 21.3 Å². The molecule has 1 fully saturated rings. The normalized spacial score (nSPS) is 20.9. The van der Waals surface area contributed by atoms with E-state index in [9.17, 15) is 9.59 Å². The highest BCUT2D eigenvalue weighted by Gasteiger charge is 2.47. The largest absolute Gasteiger partial charge is 0.337 e. The van der Waals surface area contributed by atoms with Crippen molar-refractivity contribution in [2.75, 3.05) is 0 Å². The lowest BCUT2D eigenvalue weighted by atomic mass is 9.92. The summed E-state index contributed by atoms with van der Waals surface area (Å²) in [5.74, 6) is 0.918. The molecule has 1 atom stereocenters. The van der Waals surface area contributed by atoms with Gasteiger partial charge >= 0.3 is 6.03 Å². The molecule has 0 aliphatic carbocycles. The second-order valence-corrected chi connectivity index (χ2v) is 7.39. The molecule has 0 saturated carbocycles. The molecule has 24 heavy (non-hydrogen) atoms. The van der Waals surface area contributed by atoms with Crippen molar-refractivity contribution in [2.45, 2.75) is 45.7 Å². The summed E-state index contributed by atoms with van der Waals surface area (Å²) >= 11 is 1.53. The minimum Gasteiger partial charge on any atom is -0.337 e. The summed E-state index contributed by atoms with van der Waals surface area (Å²) in [5, 5.41) is 10.5. The van der Waals surface area contributed by atoms with Crippen LogP contribution in [0.5, 0.6) is 0 Å². The number of imide groups is 1. The van der Waals surface area contributed by atoms with E-state index in [1.807, 2.05) is 16.8 Å². The Morgan fingerprint density at radius 2 is 2.21 bits per heavy atom. The average Bonchev–Trinajstić information content (AvgIpc) is 3.23. The maximum Gasteiger partial charge on any atom is 0.325 e. The minimum atomic E-state index is -0.864. The van der Waals surface area contributed by atoms with Crippen LogP contribution in [-0.2, 0) is 11.3 Å². The third-order valence-electron chi connectivity index (χ3n) is 4.11. The number of nitrogens with zero attached hydrogens (tertiary/aromatic N) is 3. The maximum absolute atomic E-state index is 12.6. The predicted molar refractivity (Wildman–Crippen MR) is 89.2 cm³/mol. The molecule has 1 saturated heterocycles. The van der Waals surface area contributed by atoms with Crippen molar-refractivity contribution in [3.05, 3.63) is 22.7 Å². The van der Waals surface area contributed by atoms with Gasteiger partial charge in [0.25, 0.3) is 5.91 Å². The van der Waals surface area contributed by atoms with Gasteiger partial charge in [-0.05, 0) is 37.1 Å². The van der Waals surface area contributed by atoms with Gasteiger partial charge in [0.05, 0.1) is 0 Å². The van der Waals surface area contributed by atoms with Crippen molar-refractivity contribution in [3.8, 4) is 11.4 Å². The predicted octanol–water partition coefficient (Wildman–Crippen LogP) is 3.04. The summed E-state index contributed by atoms with van der Waals surface area (Å²) in [6.07, 6.45) is 1.47. The van der Waals surface area contributed by atoms with Crippen molar-refractivity contribution in [3.63, 3.8) is 0 Å². The van der Waals surface area contributed by atoms with Crippen molar-refractivity contribution < 1.29 is 14.1 Å². The summed E-state index contributed by atoms with van der Waals surface area (Å²) in [5.41, 5.74) is -0.00800. The lowest BCUT2D eigenvalue weighted by Gasteiger charge is -2.22. The van der Waals surface area contributed by atoms with Crippen molar-refractivity contribution in [1.82, 2.24) is 20.4 Å². The zero-order valence-corrected chi connectivity index (χ0v) is 14.7. The summed E-state index contributed by atoms with van der Waals surface area (Å²) in [7, 11) is 0. The fourth-order valence-corrected chi connectivity index (χ4v) is 3.24. The minimum absolute atomic E-state index is 0.0148. The van der Waals surface area contributed by atoms with Gasteiger partial charge in [-0.1, -0.05) is 19.0 Å². The molecule has 0 radical (unpaired) electrons. The smallest absolute Gasteiger partial charge is 0.325 e. The van der Waals surface area contributed by atoms with Crippen LogP contribution in [0.25, 0.3) is 11.4 Å². The van der Waals surface area contributed by atoms with Gasteiger partial charge in [0.2, 0.25) is 11.7 Å². The zero-order valence-electron chi connectivity index (χ0n) is 13.9. The van der Waals surface area contributed by atoms with E-state index < -0.39 is 11.6 Å². The molecule has 2 aromatic rings. The van der Waals surface area contributed by atoms with E-state index in [1.54, 1.807) is 6.92 Å². The summed E-state index contributed by atoms with van der Waals surface area (Å²) < 4.78 is 5.18. The summed E-state index contributed by atoms with van der Waals surface area (Å²) in [6, 6.07) is 1.47. The molecule has 2 aromatic heterocycles. The molecular formula is C16H20N4O3S. The van der Waals surface area contributed by atoms with Gasteiger partial charge in [0.15, 0.2) is 0 Å². The molecule has 8 heteroatoms. The Balaban J connectivity index is 1.71. The van der Waals surface area contributed by atoms with E-state index in [-0.39, 0.29) is 18.3 Å². The molecule has 3 heterocycles. The standard InChI is InChI=1S/C16H20N4O3S/c1-10(2)4-6-16(3)14(21)20(15(22)18-16)8-12-17-13(19-23-12)11-5-7-24-9-11/h5,7,9-10H,4,6,8H2,1-3H3,(H,18,22)/t16-/m0/s1. The lowest BCUT2D eigenvalue weighted by molar-refractivity contribution is -0.131. The first-order valence-electron chi connectivity index (χ1n) is 7.88. The van der Waals surface area contributed by atoms with Crippen LogP contribution >= 0.6 is 11.3 Å². The van der Waals surface area contributed by atoms with Crippen LogP contribution in [0.1, 0.15) is 39.5 Å². The highest BCUT2D eigenvalue weighted by molar-refractivity contribution is 7.08. The Morgan fingerprint density at radius 3 is 2.88 bits per heavy atom. The second-order valence-electron chi connectivity index (χ2n) is 6.61. The second kappa shape index (κ2) is 6.35. The quantitative estimate of drug-likeness (QED) is 0.811. The van der Waals surface area contributed by atoms with Crippen molar-refractivity contribution in [1.29, 1.82) is 0 Å². The average molecular weight is 348 g/mol. The van der Waals surface area contributed by atoms with E-state index in [0.717, 1.165) is 16.9 Å². The first-order valence-corrected chi connectivity index (χ1v) is 8.82. The topological polar surface area (TPSA) is 88.3 Å². The third-order valence-corrected chi connectivity index (χ3v) is 4.79. The molecule has 0 unspecified atom stereocenters. The molecule has 0 bridgehead atoms. The number of hydrogen-bond acceptors (Lipinski definition) is 6. The molecule has 1 aliphatic heterocycles. The van der Waals surface area contributed by atoms with Crippen LogP contribution in [0.2, 0.25) is 0 Å². The molecule has 1 aliphatic rings. The number of nitrogens with one attached hydrogen (secondary N) is 1. The van der Waals surface area contributed by atoms with Gasteiger partial charge in [0.1, 0.15) is 12.1 Å². The molecule has 3 rings (SSSR count). The first kappa shape index (κ1) is 16.6. The highest BCUT2D eigenvalue weighted by Crippen LogP contribution is 2.26. The first-order chi connectivity index (χ1) is 11.4. The third kappa shape index (κ3) is 3.19. The Bertz CT molecular complexity index is 740. The molecular weight excluding hydrogens is 328 g/mol. The summed E-state index contributed by atoms with van der Waals surface area (Å²) in [6.45, 7) is 5.93. The number of rotatable bonds is 6. The van der Waals surface area contributed by atoms with Crippen LogP contribution in [0.4, 0.5) is 4.79 Å². The fourth-order valence-electron chi connectivity index (χ4n) is 2.60. The van der Waals surface area contributed by atoms with E-state index in [4.69, 9.17) is 4.52 Å². The van der Waals surface area contributed by atoms with Gasteiger partial charge < -0.3 is 9.84 Å². The van der Waals surface area contributed by atoms with Crippen LogP contribution in [-0.4, -0.2) is 32.5 Å². The summed E-state index contributed by atoms with van der Waals surface area (Å²) in [4.78, 5) is 30.2. The number of thiophene rings is 1. The van der Waals surface area contributed by atoms with Crippen LogP contribution in [0.3, 0.4) is 0 Å². The molecule has 0 aromatic carbocycles. The number of carbonyl (C=O) groups is 2. The van der Waals surface area contributed by atoms with Crippen LogP contribution < -0.4 is 5.32 Å². The Morgan fingerprint density at radius 1 is 1.42 bits per heavy atom. The van der Waals surface area contributed by atoms with E-state index in [0.29, 0.717) is 18.2 Å². The van der Waals surface area contributed by atoms with Gasteiger partial charge in [-0.25, -0.2) is 4.79 Å². The van der Waals surface area contributed by atoms with Gasteiger partial charge in [0, 0.05) is 10.9 Å². The Hall–Kier alpha value is -2.22. The van der Waals surface area contributed by atoms with Crippen molar-refractivity contribution in [2.24, 2.45) is 5.92 Å². The molecule has 3 amide bonds. The van der Waals surface area contributed by atoms with Crippen molar-refractivity contribution >= 4 is 23.3 Å². The van der Waals surface area contributed by atoms with E-state index >= 15 is 0 Å². The number of amides is 3. The Kier molecular flexibility index (Phi) is 4.40. The van der Waals surface area contributed by atoms with Gasteiger partial charge in [-0.15, -0.1) is 0 Å². The molecule has 0 spiro atoms.